The van der Waals surface area contributed by atoms with Crippen molar-refractivity contribution in [2.45, 2.75) is 45.2 Å². The molecule has 84 valence electrons. The maximum Gasteiger partial charge on any atom is 0.0602 e. The fraction of sp³-hybridized carbons (Fsp3) is 1.00. The molecule has 0 radical (unpaired) electrons. The van der Waals surface area contributed by atoms with E-state index in [2.05, 4.69) is 18.7 Å². The van der Waals surface area contributed by atoms with Crippen molar-refractivity contribution in [2.75, 3.05) is 19.7 Å². The molecule has 0 amide bonds. The molecule has 14 heavy (non-hydrogen) atoms. The number of likely N-dealkylation sites (N-methyl/N-ethyl adjacent to an activating group) is 1. The molecule has 1 saturated carbocycles. The number of nitrogens with two attached hydrogens (primary N) is 1. The minimum atomic E-state index is 0.173. The van der Waals surface area contributed by atoms with Crippen molar-refractivity contribution >= 4 is 0 Å². The summed E-state index contributed by atoms with van der Waals surface area (Å²) in [6.45, 7) is 6.53. The molecule has 0 saturated heterocycles. The van der Waals surface area contributed by atoms with Gasteiger partial charge in [-0.1, -0.05) is 13.8 Å². The van der Waals surface area contributed by atoms with Gasteiger partial charge in [-0.2, -0.15) is 0 Å². The van der Waals surface area contributed by atoms with Gasteiger partial charge in [-0.25, -0.2) is 0 Å². The second kappa shape index (κ2) is 5.69. The SMILES string of the molecule is CCCN(CC)C(CO)C(N)C1CC1. The predicted octanol–water partition coefficient (Wildman–Crippen LogP) is 0.817. The first-order chi connectivity index (χ1) is 6.74. The summed E-state index contributed by atoms with van der Waals surface area (Å²) in [7, 11) is 0. The van der Waals surface area contributed by atoms with Crippen LogP contribution < -0.4 is 5.73 Å². The molecule has 0 spiro atoms. The monoisotopic (exact) mass is 200 g/mol. The average molecular weight is 200 g/mol. The highest BCUT2D eigenvalue weighted by molar-refractivity contribution is 4.92. The molecule has 1 fully saturated rings. The molecule has 3 heteroatoms. The average Bonchev–Trinajstić information content (AvgIpc) is 3.00. The van der Waals surface area contributed by atoms with Gasteiger partial charge in [0.05, 0.1) is 6.61 Å². The number of nitrogens with zero attached hydrogens (tertiary/aromatic N) is 1. The quantitative estimate of drug-likeness (QED) is 0.639. The highest BCUT2D eigenvalue weighted by atomic mass is 16.3. The molecule has 0 heterocycles. The molecular weight excluding hydrogens is 176 g/mol. The number of rotatable bonds is 7. The third-order valence-electron chi connectivity index (χ3n) is 3.18. The summed E-state index contributed by atoms with van der Waals surface area (Å²) in [6.07, 6.45) is 3.63. The van der Waals surface area contributed by atoms with Crippen LogP contribution in [-0.4, -0.2) is 41.8 Å². The number of hydrogen-bond donors (Lipinski definition) is 2. The van der Waals surface area contributed by atoms with Crippen molar-refractivity contribution in [3.63, 3.8) is 0 Å². The highest BCUT2D eigenvalue weighted by Gasteiger charge is 2.35. The van der Waals surface area contributed by atoms with Crippen LogP contribution in [0.15, 0.2) is 0 Å². The normalized spacial score (nSPS) is 21.2. The predicted molar refractivity (Wildman–Crippen MR) is 59.1 cm³/mol. The number of aliphatic hydroxyl groups is 1. The van der Waals surface area contributed by atoms with Crippen LogP contribution in [0.25, 0.3) is 0 Å². The largest absolute Gasteiger partial charge is 0.395 e. The Morgan fingerprint density at radius 1 is 1.43 bits per heavy atom. The first-order valence-electron chi connectivity index (χ1n) is 5.85. The lowest BCUT2D eigenvalue weighted by Gasteiger charge is -2.33. The summed E-state index contributed by atoms with van der Waals surface area (Å²) in [5.41, 5.74) is 6.14. The lowest BCUT2D eigenvalue weighted by atomic mass is 10.0. The third kappa shape index (κ3) is 2.94. The van der Waals surface area contributed by atoms with E-state index in [0.29, 0.717) is 5.92 Å². The van der Waals surface area contributed by atoms with Crippen LogP contribution in [0, 0.1) is 5.92 Å². The zero-order valence-corrected chi connectivity index (χ0v) is 9.45. The van der Waals surface area contributed by atoms with E-state index in [9.17, 15) is 5.11 Å². The van der Waals surface area contributed by atoms with Crippen molar-refractivity contribution in [1.82, 2.24) is 4.90 Å². The summed E-state index contributed by atoms with van der Waals surface area (Å²) in [6, 6.07) is 0.346. The van der Waals surface area contributed by atoms with E-state index in [4.69, 9.17) is 5.73 Å². The fourth-order valence-corrected chi connectivity index (χ4v) is 2.12. The van der Waals surface area contributed by atoms with Gasteiger partial charge in [-0.15, -0.1) is 0 Å². The summed E-state index contributed by atoms with van der Waals surface area (Å²) in [5.74, 6) is 0.665. The minimum absolute atomic E-state index is 0.173. The maximum absolute atomic E-state index is 9.38. The first kappa shape index (κ1) is 12.0. The molecule has 0 aliphatic heterocycles. The summed E-state index contributed by atoms with van der Waals surface area (Å²) < 4.78 is 0. The lowest BCUT2D eigenvalue weighted by molar-refractivity contribution is 0.102. The molecular formula is C11H24N2O. The molecule has 1 rings (SSSR count). The molecule has 3 N–H and O–H groups in total. The topological polar surface area (TPSA) is 49.5 Å². The Hall–Kier alpha value is -0.120. The van der Waals surface area contributed by atoms with Gasteiger partial charge in [0.2, 0.25) is 0 Å². The van der Waals surface area contributed by atoms with Gasteiger partial charge in [0.15, 0.2) is 0 Å². The van der Waals surface area contributed by atoms with Crippen LogP contribution in [0.4, 0.5) is 0 Å². The Morgan fingerprint density at radius 2 is 2.07 bits per heavy atom. The summed E-state index contributed by atoms with van der Waals surface area (Å²) in [5, 5.41) is 9.38. The van der Waals surface area contributed by atoms with Crippen molar-refractivity contribution in [3.8, 4) is 0 Å². The Kier molecular flexibility index (Phi) is 4.85. The number of hydrogen-bond acceptors (Lipinski definition) is 3. The Balaban J connectivity index is 2.47. The van der Waals surface area contributed by atoms with E-state index in [1.807, 2.05) is 0 Å². The van der Waals surface area contributed by atoms with Crippen molar-refractivity contribution in [2.24, 2.45) is 11.7 Å². The molecule has 0 aromatic rings. The van der Waals surface area contributed by atoms with Crippen LogP contribution in [0.5, 0.6) is 0 Å². The van der Waals surface area contributed by atoms with Gasteiger partial charge < -0.3 is 10.8 Å². The van der Waals surface area contributed by atoms with E-state index < -0.39 is 0 Å². The highest BCUT2D eigenvalue weighted by Crippen LogP contribution is 2.33. The van der Waals surface area contributed by atoms with Crippen LogP contribution in [-0.2, 0) is 0 Å². The van der Waals surface area contributed by atoms with Gasteiger partial charge in [0, 0.05) is 12.1 Å². The fourth-order valence-electron chi connectivity index (χ4n) is 2.12. The van der Waals surface area contributed by atoms with E-state index in [1.165, 1.54) is 12.8 Å². The minimum Gasteiger partial charge on any atom is -0.395 e. The Bertz CT molecular complexity index is 159. The molecule has 1 aliphatic carbocycles. The third-order valence-corrected chi connectivity index (χ3v) is 3.18. The molecule has 0 aromatic heterocycles. The summed E-state index contributed by atoms with van der Waals surface area (Å²) >= 11 is 0. The first-order valence-corrected chi connectivity index (χ1v) is 5.85. The maximum atomic E-state index is 9.38. The molecule has 3 nitrogen and oxygen atoms in total. The number of aliphatic hydroxyl groups excluding tert-OH is 1. The molecule has 1 aliphatic rings. The van der Waals surface area contributed by atoms with Gasteiger partial charge in [-0.3, -0.25) is 4.90 Å². The summed E-state index contributed by atoms with van der Waals surface area (Å²) in [4.78, 5) is 2.31. The lowest BCUT2D eigenvalue weighted by Crippen LogP contribution is -2.51. The van der Waals surface area contributed by atoms with Crippen LogP contribution in [0.3, 0.4) is 0 Å². The zero-order valence-electron chi connectivity index (χ0n) is 9.45. The van der Waals surface area contributed by atoms with Gasteiger partial charge >= 0.3 is 0 Å². The molecule has 0 bridgehead atoms. The van der Waals surface area contributed by atoms with E-state index in [0.717, 1.165) is 19.5 Å². The smallest absolute Gasteiger partial charge is 0.0602 e. The molecule has 2 atom stereocenters. The van der Waals surface area contributed by atoms with E-state index in [1.54, 1.807) is 0 Å². The van der Waals surface area contributed by atoms with Crippen LogP contribution >= 0.6 is 0 Å². The Labute approximate surface area is 87.3 Å². The van der Waals surface area contributed by atoms with Gasteiger partial charge in [0.25, 0.3) is 0 Å². The standard InChI is InChI=1S/C11H24N2O/c1-3-7-13(4-2)10(8-14)11(12)9-5-6-9/h9-11,14H,3-8,12H2,1-2H3. The van der Waals surface area contributed by atoms with E-state index >= 15 is 0 Å². The second-order valence-electron chi connectivity index (χ2n) is 4.29. The van der Waals surface area contributed by atoms with Gasteiger partial charge in [0.1, 0.15) is 0 Å². The van der Waals surface area contributed by atoms with E-state index in [-0.39, 0.29) is 18.7 Å². The van der Waals surface area contributed by atoms with Crippen molar-refractivity contribution < 1.29 is 5.11 Å². The van der Waals surface area contributed by atoms with Crippen LogP contribution in [0.1, 0.15) is 33.1 Å². The van der Waals surface area contributed by atoms with Crippen molar-refractivity contribution in [1.29, 1.82) is 0 Å². The Morgan fingerprint density at radius 3 is 2.43 bits per heavy atom. The van der Waals surface area contributed by atoms with Crippen molar-refractivity contribution in [3.05, 3.63) is 0 Å². The van der Waals surface area contributed by atoms with Gasteiger partial charge in [-0.05, 0) is 38.3 Å². The second-order valence-corrected chi connectivity index (χ2v) is 4.29. The molecule has 0 aromatic carbocycles. The van der Waals surface area contributed by atoms with Crippen LogP contribution in [0.2, 0.25) is 0 Å². The zero-order chi connectivity index (χ0) is 10.6. The molecule has 2 unspecified atom stereocenters.